The van der Waals surface area contributed by atoms with Gasteiger partial charge in [-0.2, -0.15) is 4.98 Å². The molecule has 2 atom stereocenters. The first-order chi connectivity index (χ1) is 13.5. The zero-order chi connectivity index (χ0) is 19.7. The molecule has 0 radical (unpaired) electrons. The highest BCUT2D eigenvalue weighted by Gasteiger charge is 2.40. The molecule has 4 nitrogen and oxygen atoms in total. The van der Waals surface area contributed by atoms with Crippen molar-refractivity contribution in [2.75, 3.05) is 6.61 Å². The van der Waals surface area contributed by atoms with Crippen LogP contribution in [0.5, 0.6) is 5.88 Å². The normalized spacial score (nSPS) is 26.9. The van der Waals surface area contributed by atoms with Crippen LogP contribution < -0.4 is 4.74 Å². The van der Waals surface area contributed by atoms with Crippen molar-refractivity contribution in [3.05, 3.63) is 52.5 Å². The van der Waals surface area contributed by atoms with Gasteiger partial charge in [-0.25, -0.2) is 4.98 Å². The second kappa shape index (κ2) is 8.20. The average Bonchev–Trinajstić information content (AvgIpc) is 3.46. The molecule has 2 aromatic rings. The Morgan fingerprint density at radius 2 is 1.89 bits per heavy atom. The second-order valence-electron chi connectivity index (χ2n) is 8.65. The molecule has 28 heavy (non-hydrogen) atoms. The van der Waals surface area contributed by atoms with Gasteiger partial charge < -0.3 is 9.84 Å². The van der Waals surface area contributed by atoms with E-state index in [-0.39, 0.29) is 6.10 Å². The molecule has 4 rings (SSSR count). The molecule has 0 amide bonds. The zero-order valence-corrected chi connectivity index (χ0v) is 17.3. The topological polar surface area (TPSA) is 55.2 Å². The molecule has 1 aromatic heterocycles. The summed E-state index contributed by atoms with van der Waals surface area (Å²) in [4.78, 5) is 9.03. The van der Waals surface area contributed by atoms with Crippen LogP contribution in [0.1, 0.15) is 78.9 Å². The molecule has 0 saturated heterocycles. The standard InChI is InChI=1S/C24H32N2O2/c1-4-17-11-15(2)5-10-21(17)22-12-19(22)14-28-24-23(13-25-16(3)26-24)18-6-8-20(27)9-7-18/h5,10-11,13,18-20,22,27H,4,6-9,12,14H2,1-3H3. The highest BCUT2D eigenvalue weighted by molar-refractivity contribution is 5.37. The third kappa shape index (κ3) is 4.22. The first-order valence-corrected chi connectivity index (χ1v) is 10.8. The van der Waals surface area contributed by atoms with Crippen molar-refractivity contribution >= 4 is 0 Å². The summed E-state index contributed by atoms with van der Waals surface area (Å²) in [5.74, 6) is 3.11. The number of hydrogen-bond donors (Lipinski definition) is 1. The van der Waals surface area contributed by atoms with Gasteiger partial charge in [0, 0.05) is 17.7 Å². The molecular weight excluding hydrogens is 348 g/mol. The van der Waals surface area contributed by atoms with E-state index < -0.39 is 0 Å². The largest absolute Gasteiger partial charge is 0.477 e. The van der Waals surface area contributed by atoms with Crippen molar-refractivity contribution in [2.45, 2.75) is 77.2 Å². The van der Waals surface area contributed by atoms with E-state index in [1.54, 1.807) is 0 Å². The summed E-state index contributed by atoms with van der Waals surface area (Å²) in [7, 11) is 0. The Morgan fingerprint density at radius 3 is 2.64 bits per heavy atom. The lowest BCUT2D eigenvalue weighted by Crippen LogP contribution is -2.18. The molecule has 2 saturated carbocycles. The van der Waals surface area contributed by atoms with Crippen LogP contribution in [0.2, 0.25) is 0 Å². The predicted molar refractivity (Wildman–Crippen MR) is 111 cm³/mol. The maximum absolute atomic E-state index is 9.81. The summed E-state index contributed by atoms with van der Waals surface area (Å²) in [6, 6.07) is 6.87. The molecule has 1 aromatic carbocycles. The highest BCUT2D eigenvalue weighted by Crippen LogP contribution is 2.49. The van der Waals surface area contributed by atoms with Crippen molar-refractivity contribution < 1.29 is 9.84 Å². The van der Waals surface area contributed by atoms with Crippen molar-refractivity contribution in [3.63, 3.8) is 0 Å². The Morgan fingerprint density at radius 1 is 1.11 bits per heavy atom. The number of aliphatic hydroxyl groups is 1. The van der Waals surface area contributed by atoms with Gasteiger partial charge in [0.1, 0.15) is 5.82 Å². The van der Waals surface area contributed by atoms with Crippen molar-refractivity contribution in [2.24, 2.45) is 5.92 Å². The van der Waals surface area contributed by atoms with Crippen LogP contribution in [0.25, 0.3) is 0 Å². The number of nitrogens with zero attached hydrogens (tertiary/aromatic N) is 2. The summed E-state index contributed by atoms with van der Waals surface area (Å²) in [6.45, 7) is 7.05. The van der Waals surface area contributed by atoms with Gasteiger partial charge in [-0.3, -0.25) is 0 Å². The molecule has 2 fully saturated rings. The van der Waals surface area contributed by atoms with Gasteiger partial charge in [0.2, 0.25) is 5.88 Å². The third-order valence-electron chi connectivity index (χ3n) is 6.47. The first kappa shape index (κ1) is 19.4. The first-order valence-electron chi connectivity index (χ1n) is 10.8. The number of hydrogen-bond acceptors (Lipinski definition) is 4. The minimum absolute atomic E-state index is 0.151. The van der Waals surface area contributed by atoms with Gasteiger partial charge in [0.25, 0.3) is 0 Å². The Kier molecular flexibility index (Phi) is 5.68. The number of aliphatic hydroxyl groups excluding tert-OH is 1. The van der Waals surface area contributed by atoms with E-state index in [4.69, 9.17) is 4.74 Å². The van der Waals surface area contributed by atoms with Gasteiger partial charge in [0.05, 0.1) is 12.7 Å². The van der Waals surface area contributed by atoms with E-state index in [0.29, 0.717) is 17.8 Å². The second-order valence-corrected chi connectivity index (χ2v) is 8.65. The Bertz CT molecular complexity index is 827. The van der Waals surface area contributed by atoms with E-state index in [2.05, 4.69) is 42.0 Å². The van der Waals surface area contributed by atoms with E-state index in [0.717, 1.165) is 56.0 Å². The fraction of sp³-hybridized carbons (Fsp3) is 0.583. The van der Waals surface area contributed by atoms with Crippen molar-refractivity contribution in [1.82, 2.24) is 9.97 Å². The molecule has 1 N–H and O–H groups in total. The van der Waals surface area contributed by atoms with E-state index in [1.807, 2.05) is 13.1 Å². The molecular formula is C24H32N2O2. The van der Waals surface area contributed by atoms with Gasteiger partial charge in [-0.1, -0.05) is 30.7 Å². The molecule has 0 aliphatic heterocycles. The quantitative estimate of drug-likeness (QED) is 0.778. The van der Waals surface area contributed by atoms with Crippen LogP contribution >= 0.6 is 0 Å². The molecule has 2 unspecified atom stereocenters. The SMILES string of the molecule is CCc1cc(C)ccc1C1CC1COc1nc(C)ncc1C1CCC(O)CC1. The fourth-order valence-electron chi connectivity index (χ4n) is 4.64. The summed E-state index contributed by atoms with van der Waals surface area (Å²) in [5, 5.41) is 9.81. The molecule has 2 aliphatic rings. The Labute approximate surface area is 168 Å². The number of benzene rings is 1. The maximum atomic E-state index is 9.81. The fourth-order valence-corrected chi connectivity index (χ4v) is 4.64. The van der Waals surface area contributed by atoms with Crippen LogP contribution in [-0.2, 0) is 6.42 Å². The van der Waals surface area contributed by atoms with E-state index >= 15 is 0 Å². The predicted octanol–water partition coefficient (Wildman–Crippen LogP) is 4.86. The smallest absolute Gasteiger partial charge is 0.220 e. The molecule has 0 bridgehead atoms. The monoisotopic (exact) mass is 380 g/mol. The van der Waals surface area contributed by atoms with Crippen molar-refractivity contribution in [3.8, 4) is 5.88 Å². The molecule has 150 valence electrons. The number of rotatable bonds is 6. The number of aromatic nitrogens is 2. The Hall–Kier alpha value is -1.94. The Balaban J connectivity index is 1.43. The van der Waals surface area contributed by atoms with Gasteiger partial charge in [-0.15, -0.1) is 0 Å². The molecule has 0 spiro atoms. The molecule has 1 heterocycles. The van der Waals surface area contributed by atoms with Gasteiger partial charge >= 0.3 is 0 Å². The maximum Gasteiger partial charge on any atom is 0.220 e. The van der Waals surface area contributed by atoms with Crippen LogP contribution in [0.4, 0.5) is 0 Å². The molecule has 4 heteroatoms. The highest BCUT2D eigenvalue weighted by atomic mass is 16.5. The lowest BCUT2D eigenvalue weighted by Gasteiger charge is -2.26. The minimum Gasteiger partial charge on any atom is -0.477 e. The minimum atomic E-state index is -0.151. The number of aryl methyl sites for hydroxylation is 3. The van der Waals surface area contributed by atoms with Gasteiger partial charge in [0.15, 0.2) is 0 Å². The van der Waals surface area contributed by atoms with Crippen LogP contribution in [-0.4, -0.2) is 27.8 Å². The van der Waals surface area contributed by atoms with Gasteiger partial charge in [-0.05, 0) is 75.3 Å². The average molecular weight is 381 g/mol. The van der Waals surface area contributed by atoms with Crippen LogP contribution in [0.15, 0.2) is 24.4 Å². The molecule has 2 aliphatic carbocycles. The number of ether oxygens (including phenoxy) is 1. The summed E-state index contributed by atoms with van der Waals surface area (Å²) >= 11 is 0. The lowest BCUT2D eigenvalue weighted by atomic mass is 9.83. The van der Waals surface area contributed by atoms with E-state index in [9.17, 15) is 5.11 Å². The zero-order valence-electron chi connectivity index (χ0n) is 17.3. The van der Waals surface area contributed by atoms with E-state index in [1.165, 1.54) is 23.1 Å². The van der Waals surface area contributed by atoms with Crippen molar-refractivity contribution in [1.29, 1.82) is 0 Å². The lowest BCUT2D eigenvalue weighted by molar-refractivity contribution is 0.121. The summed E-state index contributed by atoms with van der Waals surface area (Å²) < 4.78 is 6.26. The summed E-state index contributed by atoms with van der Waals surface area (Å²) in [5.41, 5.74) is 5.45. The third-order valence-corrected chi connectivity index (χ3v) is 6.47. The van der Waals surface area contributed by atoms with Crippen LogP contribution in [0, 0.1) is 19.8 Å². The van der Waals surface area contributed by atoms with Crippen LogP contribution in [0.3, 0.4) is 0 Å². The summed E-state index contributed by atoms with van der Waals surface area (Å²) in [6.07, 6.45) is 7.76.